The minimum atomic E-state index is -0.536. The van der Waals surface area contributed by atoms with Gasteiger partial charge in [0.1, 0.15) is 0 Å². The molecule has 136 valence electrons. The van der Waals surface area contributed by atoms with Gasteiger partial charge in [-0.05, 0) is 49.7 Å². The van der Waals surface area contributed by atoms with Crippen LogP contribution in [-0.2, 0) is 18.4 Å². The SMILES string of the molecule is CCNC(=O)C(C)(C)CN=C(NCC)N(C)Cc1cc(Br)cn1C. The van der Waals surface area contributed by atoms with E-state index in [9.17, 15) is 4.79 Å². The first-order valence-corrected chi connectivity index (χ1v) is 9.09. The summed E-state index contributed by atoms with van der Waals surface area (Å²) in [7, 11) is 4.03. The van der Waals surface area contributed by atoms with Crippen LogP contribution in [0.25, 0.3) is 0 Å². The number of guanidine groups is 1. The van der Waals surface area contributed by atoms with Crippen LogP contribution in [0.1, 0.15) is 33.4 Å². The van der Waals surface area contributed by atoms with E-state index in [0.29, 0.717) is 13.1 Å². The topological polar surface area (TPSA) is 61.7 Å². The van der Waals surface area contributed by atoms with E-state index in [1.54, 1.807) is 0 Å². The lowest BCUT2D eigenvalue weighted by atomic mass is 9.92. The Morgan fingerprint density at radius 1 is 1.33 bits per heavy atom. The van der Waals surface area contributed by atoms with Gasteiger partial charge in [-0.1, -0.05) is 0 Å². The lowest BCUT2D eigenvalue weighted by Gasteiger charge is -2.25. The minimum Gasteiger partial charge on any atom is -0.357 e. The first-order chi connectivity index (χ1) is 11.2. The van der Waals surface area contributed by atoms with E-state index in [0.717, 1.165) is 23.5 Å². The summed E-state index contributed by atoms with van der Waals surface area (Å²) in [6.45, 7) is 10.4. The van der Waals surface area contributed by atoms with E-state index in [1.807, 2.05) is 48.0 Å². The molecule has 0 atom stereocenters. The van der Waals surface area contributed by atoms with Crippen LogP contribution in [-0.4, -0.2) is 48.0 Å². The Balaban J connectivity index is 2.84. The number of halogens is 1. The molecule has 1 rings (SSSR count). The number of rotatable bonds is 7. The van der Waals surface area contributed by atoms with Crippen molar-refractivity contribution in [3.63, 3.8) is 0 Å². The summed E-state index contributed by atoms with van der Waals surface area (Å²) in [5.74, 6) is 0.825. The second-order valence-corrected chi connectivity index (χ2v) is 7.45. The van der Waals surface area contributed by atoms with E-state index < -0.39 is 5.41 Å². The lowest BCUT2D eigenvalue weighted by molar-refractivity contribution is -0.128. The predicted octanol–water partition coefficient (Wildman–Crippen LogP) is 2.35. The maximum atomic E-state index is 12.1. The molecule has 7 heteroatoms. The third-order valence-electron chi connectivity index (χ3n) is 3.75. The van der Waals surface area contributed by atoms with Crippen molar-refractivity contribution in [2.75, 3.05) is 26.7 Å². The number of aryl methyl sites for hydroxylation is 1. The van der Waals surface area contributed by atoms with Crippen LogP contribution < -0.4 is 10.6 Å². The van der Waals surface area contributed by atoms with Crippen LogP contribution >= 0.6 is 15.9 Å². The Hall–Kier alpha value is -1.50. The number of nitrogens with zero attached hydrogens (tertiary/aromatic N) is 3. The smallest absolute Gasteiger partial charge is 0.227 e. The van der Waals surface area contributed by atoms with Gasteiger partial charge >= 0.3 is 0 Å². The fourth-order valence-corrected chi connectivity index (χ4v) is 2.83. The summed E-state index contributed by atoms with van der Waals surface area (Å²) in [5.41, 5.74) is 0.642. The van der Waals surface area contributed by atoms with Gasteiger partial charge in [0.25, 0.3) is 0 Å². The highest BCUT2D eigenvalue weighted by atomic mass is 79.9. The Labute approximate surface area is 153 Å². The summed E-state index contributed by atoms with van der Waals surface area (Å²) in [4.78, 5) is 18.9. The second kappa shape index (κ2) is 9.11. The third-order valence-corrected chi connectivity index (χ3v) is 4.18. The number of carbonyl (C=O) groups is 1. The summed E-state index contributed by atoms with van der Waals surface area (Å²) < 4.78 is 3.15. The van der Waals surface area contributed by atoms with E-state index in [-0.39, 0.29) is 5.91 Å². The molecule has 1 aromatic heterocycles. The van der Waals surface area contributed by atoms with Gasteiger partial charge < -0.3 is 20.1 Å². The number of hydrogen-bond acceptors (Lipinski definition) is 2. The highest BCUT2D eigenvalue weighted by Gasteiger charge is 2.27. The Morgan fingerprint density at radius 3 is 2.46 bits per heavy atom. The molecular weight excluding hydrogens is 370 g/mol. The Kier molecular flexibility index (Phi) is 7.79. The summed E-state index contributed by atoms with van der Waals surface area (Å²) in [6.07, 6.45) is 2.03. The number of aromatic nitrogens is 1. The summed E-state index contributed by atoms with van der Waals surface area (Å²) >= 11 is 3.50. The molecule has 0 radical (unpaired) electrons. The molecule has 0 aliphatic rings. The first-order valence-electron chi connectivity index (χ1n) is 8.29. The molecule has 24 heavy (non-hydrogen) atoms. The molecule has 2 N–H and O–H groups in total. The van der Waals surface area contributed by atoms with Crippen LogP contribution in [0.5, 0.6) is 0 Å². The molecule has 6 nitrogen and oxygen atoms in total. The molecule has 0 saturated carbocycles. The fraction of sp³-hybridized carbons (Fsp3) is 0.647. The van der Waals surface area contributed by atoms with Crippen molar-refractivity contribution in [1.82, 2.24) is 20.1 Å². The molecule has 0 saturated heterocycles. The number of amides is 1. The highest BCUT2D eigenvalue weighted by Crippen LogP contribution is 2.17. The zero-order chi connectivity index (χ0) is 18.3. The third kappa shape index (κ3) is 5.85. The predicted molar refractivity (Wildman–Crippen MR) is 103 cm³/mol. The zero-order valence-electron chi connectivity index (χ0n) is 15.6. The van der Waals surface area contributed by atoms with Gasteiger partial charge in [0.05, 0.1) is 18.5 Å². The molecular formula is C17H30BrN5O. The Bertz CT molecular complexity index is 580. The molecule has 0 unspecified atom stereocenters. The zero-order valence-corrected chi connectivity index (χ0v) is 17.2. The van der Waals surface area contributed by atoms with E-state index in [1.165, 1.54) is 5.69 Å². The first kappa shape index (κ1) is 20.5. The van der Waals surface area contributed by atoms with Crippen LogP contribution in [0.4, 0.5) is 0 Å². The maximum absolute atomic E-state index is 12.1. The molecule has 0 spiro atoms. The van der Waals surface area contributed by atoms with Gasteiger partial charge in [-0.15, -0.1) is 0 Å². The largest absolute Gasteiger partial charge is 0.357 e. The van der Waals surface area contributed by atoms with Gasteiger partial charge in [0.15, 0.2) is 5.96 Å². The molecule has 1 amide bonds. The standard InChI is InChI=1S/C17H30BrN5O/c1-7-19-15(24)17(3,4)12-21-16(20-8-2)23(6)11-14-9-13(18)10-22(14)5/h9-10H,7-8,11-12H2,1-6H3,(H,19,24)(H,20,21). The fourth-order valence-electron chi connectivity index (χ4n) is 2.26. The van der Waals surface area contributed by atoms with Gasteiger partial charge in [-0.25, -0.2) is 0 Å². The molecule has 0 fully saturated rings. The normalized spacial score (nSPS) is 12.2. The van der Waals surface area contributed by atoms with Gasteiger partial charge in [0, 0.05) is 43.5 Å². The number of aliphatic imine (C=N–C) groups is 1. The summed E-state index contributed by atoms with van der Waals surface area (Å²) in [5, 5.41) is 6.17. The number of nitrogens with one attached hydrogen (secondary N) is 2. The maximum Gasteiger partial charge on any atom is 0.227 e. The van der Waals surface area contributed by atoms with Crippen molar-refractivity contribution in [3.05, 3.63) is 22.4 Å². The molecule has 0 aliphatic carbocycles. The average Bonchev–Trinajstić information content (AvgIpc) is 2.81. The van der Waals surface area contributed by atoms with Crippen LogP contribution in [0.3, 0.4) is 0 Å². The van der Waals surface area contributed by atoms with Crippen molar-refractivity contribution in [2.45, 2.75) is 34.2 Å². The van der Waals surface area contributed by atoms with Crippen LogP contribution in [0.15, 0.2) is 21.7 Å². The van der Waals surface area contributed by atoms with Gasteiger partial charge in [0.2, 0.25) is 5.91 Å². The lowest BCUT2D eigenvalue weighted by Crippen LogP contribution is -2.42. The molecule has 1 heterocycles. The van der Waals surface area contributed by atoms with Crippen LogP contribution in [0.2, 0.25) is 0 Å². The van der Waals surface area contributed by atoms with Crippen molar-refractivity contribution >= 4 is 27.8 Å². The average molecular weight is 400 g/mol. The molecule has 1 aromatic rings. The van der Waals surface area contributed by atoms with Crippen molar-refractivity contribution < 1.29 is 4.79 Å². The second-order valence-electron chi connectivity index (χ2n) is 6.53. The van der Waals surface area contributed by atoms with Crippen molar-refractivity contribution in [2.24, 2.45) is 17.5 Å². The highest BCUT2D eigenvalue weighted by molar-refractivity contribution is 9.10. The van der Waals surface area contributed by atoms with Gasteiger partial charge in [-0.3, -0.25) is 9.79 Å². The van der Waals surface area contributed by atoms with E-state index in [4.69, 9.17) is 0 Å². The molecule has 0 aliphatic heterocycles. The number of hydrogen-bond donors (Lipinski definition) is 2. The summed E-state index contributed by atoms with van der Waals surface area (Å²) in [6, 6.07) is 2.10. The Morgan fingerprint density at radius 2 is 1.96 bits per heavy atom. The monoisotopic (exact) mass is 399 g/mol. The number of carbonyl (C=O) groups excluding carboxylic acids is 1. The van der Waals surface area contributed by atoms with Crippen LogP contribution in [0, 0.1) is 5.41 Å². The molecule has 0 bridgehead atoms. The van der Waals surface area contributed by atoms with E-state index >= 15 is 0 Å². The van der Waals surface area contributed by atoms with Crippen molar-refractivity contribution in [3.8, 4) is 0 Å². The molecule has 0 aromatic carbocycles. The van der Waals surface area contributed by atoms with Crippen molar-refractivity contribution in [1.29, 1.82) is 0 Å². The quantitative estimate of drug-likeness (QED) is 0.546. The minimum absolute atomic E-state index is 0.0265. The van der Waals surface area contributed by atoms with Gasteiger partial charge in [-0.2, -0.15) is 0 Å². The van der Waals surface area contributed by atoms with E-state index in [2.05, 4.69) is 47.1 Å².